The topological polar surface area (TPSA) is 108 Å². The van der Waals surface area contributed by atoms with E-state index >= 15 is 0 Å². The van der Waals surface area contributed by atoms with Crippen LogP contribution in [0, 0.1) is 10.1 Å². The van der Waals surface area contributed by atoms with Crippen molar-refractivity contribution < 1.29 is 19.2 Å². The summed E-state index contributed by atoms with van der Waals surface area (Å²) in [6.07, 6.45) is 1.03. The van der Waals surface area contributed by atoms with Gasteiger partial charge in [-0.05, 0) is 46.0 Å². The molecule has 0 aliphatic carbocycles. The number of nitro groups is 1. The molecule has 1 aromatic heterocycles. The Hall–Kier alpha value is -4.79. The Balaban J connectivity index is 1.57. The molecule has 9 nitrogen and oxygen atoms in total. The third-order valence-corrected chi connectivity index (χ3v) is 6.86. The summed E-state index contributed by atoms with van der Waals surface area (Å²) in [7, 11) is 0. The summed E-state index contributed by atoms with van der Waals surface area (Å²) in [5.74, 6) is -0.984. The highest BCUT2D eigenvalue weighted by molar-refractivity contribution is 5.99. The van der Waals surface area contributed by atoms with Gasteiger partial charge in [-0.1, -0.05) is 84.9 Å². The minimum absolute atomic E-state index is 0.404. The van der Waals surface area contributed by atoms with E-state index in [1.54, 1.807) is 26.0 Å². The molecule has 1 aliphatic heterocycles. The molecule has 0 radical (unpaired) electrons. The van der Waals surface area contributed by atoms with Gasteiger partial charge in [-0.25, -0.2) is 9.69 Å². The van der Waals surface area contributed by atoms with Crippen molar-refractivity contribution in [2.45, 2.75) is 31.5 Å². The standard InChI is InChI=1S/C28H24N4O5/c1-19-25(22-11-7-4-8-12-22)37-27(34)31(19)26(33)28(2,30-17-24(29-18-30)32(35)36)23-15-13-21(14-16-23)20-9-5-3-6-10-20/h3-19,25H,1-2H3. The fourth-order valence-electron chi connectivity index (χ4n) is 4.71. The Morgan fingerprint density at radius 1 is 0.973 bits per heavy atom. The molecule has 1 fully saturated rings. The molecule has 2 heterocycles. The quantitative estimate of drug-likeness (QED) is 0.264. The first kappa shape index (κ1) is 23.9. The van der Waals surface area contributed by atoms with Gasteiger partial charge in [0.15, 0.2) is 0 Å². The number of hydrogen-bond acceptors (Lipinski definition) is 6. The molecule has 0 bridgehead atoms. The van der Waals surface area contributed by atoms with E-state index in [1.165, 1.54) is 17.1 Å². The van der Waals surface area contributed by atoms with E-state index in [-0.39, 0.29) is 0 Å². The van der Waals surface area contributed by atoms with Gasteiger partial charge in [0.25, 0.3) is 5.91 Å². The molecule has 37 heavy (non-hydrogen) atoms. The molecular weight excluding hydrogens is 472 g/mol. The van der Waals surface area contributed by atoms with Gasteiger partial charge in [-0.15, -0.1) is 0 Å². The number of aromatic nitrogens is 2. The normalized spacial score (nSPS) is 18.8. The highest BCUT2D eigenvalue weighted by Gasteiger charge is 2.51. The number of imide groups is 1. The van der Waals surface area contributed by atoms with Crippen LogP contribution in [0.1, 0.15) is 31.1 Å². The Morgan fingerprint density at radius 3 is 2.16 bits per heavy atom. The Bertz CT molecular complexity index is 1450. The number of ether oxygens (including phenoxy) is 1. The van der Waals surface area contributed by atoms with Gasteiger partial charge >= 0.3 is 11.9 Å². The van der Waals surface area contributed by atoms with Crippen LogP contribution in [-0.4, -0.2) is 37.4 Å². The highest BCUT2D eigenvalue weighted by atomic mass is 16.6. The van der Waals surface area contributed by atoms with E-state index in [0.29, 0.717) is 5.56 Å². The summed E-state index contributed by atoms with van der Waals surface area (Å²) < 4.78 is 6.99. The van der Waals surface area contributed by atoms with Crippen molar-refractivity contribution in [3.05, 3.63) is 119 Å². The lowest BCUT2D eigenvalue weighted by atomic mass is 9.88. The Morgan fingerprint density at radius 2 is 1.57 bits per heavy atom. The number of nitrogens with zero attached hydrogens (tertiary/aromatic N) is 4. The molecule has 1 saturated heterocycles. The monoisotopic (exact) mass is 496 g/mol. The molecule has 3 aromatic carbocycles. The number of hydrogen-bond donors (Lipinski definition) is 0. The zero-order valence-electron chi connectivity index (χ0n) is 20.2. The number of rotatable bonds is 6. The van der Waals surface area contributed by atoms with E-state index in [2.05, 4.69) is 4.98 Å². The summed E-state index contributed by atoms with van der Waals surface area (Å²) in [4.78, 5) is 42.9. The fraction of sp³-hybridized carbons (Fsp3) is 0.179. The average molecular weight is 497 g/mol. The van der Waals surface area contributed by atoms with E-state index in [9.17, 15) is 19.7 Å². The number of imidazole rings is 1. The van der Waals surface area contributed by atoms with Crippen molar-refractivity contribution in [2.24, 2.45) is 0 Å². The number of benzene rings is 3. The van der Waals surface area contributed by atoms with Gasteiger partial charge in [0.2, 0.25) is 6.33 Å². The molecule has 0 N–H and O–H groups in total. The molecule has 0 spiro atoms. The summed E-state index contributed by atoms with van der Waals surface area (Å²) in [6, 6.07) is 25.7. The zero-order valence-corrected chi connectivity index (χ0v) is 20.2. The lowest BCUT2D eigenvalue weighted by molar-refractivity contribution is -0.389. The predicted octanol–water partition coefficient (Wildman–Crippen LogP) is 5.33. The Labute approximate surface area is 213 Å². The fourth-order valence-corrected chi connectivity index (χ4v) is 4.71. The third kappa shape index (κ3) is 4.14. The SMILES string of the molecule is CC1C(c2ccccc2)OC(=O)N1C(=O)C(C)(c1ccc(-c2ccccc2)cc1)n1cnc([N+](=O)[O-])c1. The lowest BCUT2D eigenvalue weighted by Crippen LogP contribution is -2.52. The van der Waals surface area contributed by atoms with Crippen LogP contribution in [0.4, 0.5) is 10.6 Å². The summed E-state index contributed by atoms with van der Waals surface area (Å²) in [6.45, 7) is 3.36. The molecule has 2 amide bonds. The largest absolute Gasteiger partial charge is 0.439 e. The zero-order chi connectivity index (χ0) is 26.2. The molecule has 0 saturated carbocycles. The van der Waals surface area contributed by atoms with Crippen LogP contribution in [-0.2, 0) is 15.1 Å². The molecular formula is C28H24N4O5. The number of carbonyl (C=O) groups excluding carboxylic acids is 2. The first-order valence-corrected chi connectivity index (χ1v) is 11.7. The second-order valence-electron chi connectivity index (χ2n) is 9.04. The Kier molecular flexibility index (Phi) is 6.04. The van der Waals surface area contributed by atoms with Crippen molar-refractivity contribution in [3.63, 3.8) is 0 Å². The van der Waals surface area contributed by atoms with Gasteiger partial charge in [0, 0.05) is 0 Å². The van der Waals surface area contributed by atoms with Crippen molar-refractivity contribution in [1.82, 2.24) is 14.5 Å². The van der Waals surface area contributed by atoms with E-state index in [0.717, 1.165) is 21.6 Å². The number of amides is 2. The lowest BCUT2D eigenvalue weighted by Gasteiger charge is -2.33. The highest BCUT2D eigenvalue weighted by Crippen LogP contribution is 2.38. The predicted molar refractivity (Wildman–Crippen MR) is 135 cm³/mol. The molecule has 1 aliphatic rings. The molecule has 186 valence electrons. The first-order chi connectivity index (χ1) is 17.8. The summed E-state index contributed by atoms with van der Waals surface area (Å²) in [5.41, 5.74) is 1.73. The van der Waals surface area contributed by atoms with Crippen LogP contribution in [0.25, 0.3) is 11.1 Å². The molecule has 4 aromatic rings. The maximum absolute atomic E-state index is 14.2. The maximum Gasteiger partial charge on any atom is 0.417 e. The van der Waals surface area contributed by atoms with Gasteiger partial charge < -0.3 is 14.9 Å². The van der Waals surface area contributed by atoms with E-state index in [4.69, 9.17) is 4.74 Å². The summed E-state index contributed by atoms with van der Waals surface area (Å²) in [5, 5.41) is 11.4. The minimum Gasteiger partial charge on any atom is -0.439 e. The molecule has 3 atom stereocenters. The van der Waals surface area contributed by atoms with Gasteiger partial charge in [-0.3, -0.25) is 9.36 Å². The first-order valence-electron chi connectivity index (χ1n) is 11.7. The van der Waals surface area contributed by atoms with Gasteiger partial charge in [0.05, 0.1) is 6.04 Å². The van der Waals surface area contributed by atoms with Gasteiger partial charge in [-0.2, -0.15) is 0 Å². The van der Waals surface area contributed by atoms with Crippen LogP contribution in [0.15, 0.2) is 97.5 Å². The van der Waals surface area contributed by atoms with Crippen LogP contribution in [0.3, 0.4) is 0 Å². The number of cyclic esters (lactones) is 1. The summed E-state index contributed by atoms with van der Waals surface area (Å²) >= 11 is 0. The van der Waals surface area contributed by atoms with Crippen LogP contribution < -0.4 is 0 Å². The van der Waals surface area contributed by atoms with Gasteiger partial charge in [0.1, 0.15) is 17.8 Å². The average Bonchev–Trinajstić information content (AvgIpc) is 3.54. The minimum atomic E-state index is -1.52. The van der Waals surface area contributed by atoms with Crippen LogP contribution in [0.5, 0.6) is 0 Å². The molecule has 9 heteroatoms. The van der Waals surface area contributed by atoms with E-state index in [1.807, 2.05) is 72.8 Å². The molecule has 3 unspecified atom stereocenters. The van der Waals surface area contributed by atoms with Crippen LogP contribution >= 0.6 is 0 Å². The van der Waals surface area contributed by atoms with E-state index < -0.39 is 40.4 Å². The number of carbonyl (C=O) groups is 2. The van der Waals surface area contributed by atoms with Crippen molar-refractivity contribution in [2.75, 3.05) is 0 Å². The van der Waals surface area contributed by atoms with Crippen molar-refractivity contribution >= 4 is 17.8 Å². The maximum atomic E-state index is 14.2. The van der Waals surface area contributed by atoms with Crippen molar-refractivity contribution in [1.29, 1.82) is 0 Å². The second kappa shape index (κ2) is 9.34. The third-order valence-electron chi connectivity index (χ3n) is 6.86. The van der Waals surface area contributed by atoms with Crippen molar-refractivity contribution in [3.8, 4) is 11.1 Å². The second-order valence-corrected chi connectivity index (χ2v) is 9.04. The van der Waals surface area contributed by atoms with Crippen LogP contribution in [0.2, 0.25) is 0 Å². The molecule has 5 rings (SSSR count). The smallest absolute Gasteiger partial charge is 0.417 e.